The molecule has 2 saturated heterocycles. The summed E-state index contributed by atoms with van der Waals surface area (Å²) in [5, 5.41) is 12.7. The van der Waals surface area contributed by atoms with E-state index in [0.29, 0.717) is 16.7 Å². The van der Waals surface area contributed by atoms with Gasteiger partial charge in [0.15, 0.2) is 11.6 Å². The van der Waals surface area contributed by atoms with Crippen molar-refractivity contribution in [3.05, 3.63) is 91.1 Å². The molecule has 2 fully saturated rings. The van der Waals surface area contributed by atoms with E-state index in [1.807, 2.05) is 6.07 Å². The van der Waals surface area contributed by atoms with Crippen LogP contribution in [0.25, 0.3) is 0 Å². The van der Waals surface area contributed by atoms with E-state index in [2.05, 4.69) is 21.2 Å². The fourth-order valence-electron chi connectivity index (χ4n) is 5.44. The average molecular weight is 565 g/mol. The molecule has 2 aliphatic heterocycles. The van der Waals surface area contributed by atoms with Crippen molar-refractivity contribution in [1.82, 2.24) is 10.2 Å². The molecule has 8 nitrogen and oxygen atoms in total. The third-order valence-corrected chi connectivity index (χ3v) is 8.77. The summed E-state index contributed by atoms with van der Waals surface area (Å²) in [5.74, 6) is -4.64. The second-order valence-electron chi connectivity index (χ2n) is 9.00. The molecule has 0 spiro atoms. The summed E-state index contributed by atoms with van der Waals surface area (Å²) in [7, 11) is 0. The van der Waals surface area contributed by atoms with Crippen molar-refractivity contribution >= 4 is 56.6 Å². The smallest absolute Gasteiger partial charge is 0.321 e. The van der Waals surface area contributed by atoms with Gasteiger partial charge in [0, 0.05) is 27.1 Å². The van der Waals surface area contributed by atoms with Crippen LogP contribution in [0.3, 0.4) is 0 Å². The Balaban J connectivity index is 1.33. The summed E-state index contributed by atoms with van der Waals surface area (Å²) < 4.78 is 0.832. The van der Waals surface area contributed by atoms with Gasteiger partial charge in [0.25, 0.3) is 0 Å². The maximum absolute atomic E-state index is 13.5. The lowest BCUT2D eigenvalue weighted by molar-refractivity contribution is -0.146. The number of hydrogen-bond acceptors (Lipinski definition) is 7. The zero-order valence-corrected chi connectivity index (χ0v) is 20.8. The Kier molecular flexibility index (Phi) is 5.29. The van der Waals surface area contributed by atoms with Gasteiger partial charge in [0.1, 0.15) is 6.04 Å². The fraction of sp³-hybridized carbons (Fsp3) is 0.192. The lowest BCUT2D eigenvalue weighted by Gasteiger charge is -2.22. The topological polar surface area (TPSA) is 121 Å². The van der Waals surface area contributed by atoms with Gasteiger partial charge in [-0.1, -0.05) is 30.3 Å². The number of amides is 2. The van der Waals surface area contributed by atoms with E-state index in [9.17, 15) is 29.1 Å². The Bertz CT molecular complexity index is 1510. The molecule has 3 aliphatic rings. The van der Waals surface area contributed by atoms with Gasteiger partial charge in [-0.15, -0.1) is 11.3 Å². The monoisotopic (exact) mass is 564 g/mol. The molecule has 1 aliphatic carbocycles. The van der Waals surface area contributed by atoms with Gasteiger partial charge >= 0.3 is 5.97 Å². The van der Waals surface area contributed by atoms with E-state index in [0.717, 1.165) is 13.6 Å². The lowest BCUT2D eigenvalue weighted by Crippen LogP contribution is -2.42. The molecule has 2 amide bonds. The number of carbonyl (C=O) groups excluding carboxylic acids is 4. The zero-order chi connectivity index (χ0) is 25.3. The minimum atomic E-state index is -1.19. The molecule has 0 radical (unpaired) electrons. The van der Waals surface area contributed by atoms with E-state index < -0.39 is 41.7 Å². The summed E-state index contributed by atoms with van der Waals surface area (Å²) in [4.78, 5) is 66.6. The molecule has 10 heteroatoms. The van der Waals surface area contributed by atoms with Crippen LogP contribution in [0, 0.1) is 11.8 Å². The molecule has 6 rings (SSSR count). The van der Waals surface area contributed by atoms with Crippen molar-refractivity contribution < 1.29 is 29.1 Å². The van der Waals surface area contributed by atoms with Gasteiger partial charge < -0.3 is 5.11 Å². The van der Waals surface area contributed by atoms with Gasteiger partial charge in [-0.3, -0.25) is 34.2 Å². The highest BCUT2D eigenvalue weighted by Crippen LogP contribution is 2.46. The van der Waals surface area contributed by atoms with Crippen molar-refractivity contribution in [2.24, 2.45) is 11.8 Å². The van der Waals surface area contributed by atoms with Gasteiger partial charge in [0.05, 0.1) is 28.2 Å². The molecule has 3 heterocycles. The number of thiophene rings is 1. The second-order valence-corrected chi connectivity index (χ2v) is 11.5. The molecular weight excluding hydrogens is 548 g/mol. The Hall–Kier alpha value is -3.47. The SMILES string of the molecule is O=C1c2ccccc2C(=O)c2cc(CN3C(=O)C4C(C(=O)O)NC(c5ccc(Br)s5)C4C3=O)ccc21. The predicted molar refractivity (Wildman–Crippen MR) is 132 cm³/mol. The minimum absolute atomic E-state index is 0.117. The van der Waals surface area contributed by atoms with Crippen LogP contribution in [0.15, 0.2) is 58.4 Å². The number of aliphatic carboxylic acids is 1. The largest absolute Gasteiger partial charge is 0.480 e. The Labute approximate surface area is 217 Å². The number of fused-ring (bicyclic) bond motifs is 3. The number of likely N-dealkylation sites (tertiary alicyclic amines) is 1. The summed E-state index contributed by atoms with van der Waals surface area (Å²) in [6.45, 7) is -0.117. The van der Waals surface area contributed by atoms with Crippen LogP contribution in [0.1, 0.15) is 48.3 Å². The van der Waals surface area contributed by atoms with E-state index in [1.165, 1.54) is 11.3 Å². The first-order chi connectivity index (χ1) is 17.3. The predicted octanol–water partition coefficient (Wildman–Crippen LogP) is 3.18. The molecule has 180 valence electrons. The van der Waals surface area contributed by atoms with Crippen LogP contribution in [0.4, 0.5) is 0 Å². The van der Waals surface area contributed by atoms with Crippen LogP contribution >= 0.6 is 27.3 Å². The van der Waals surface area contributed by atoms with E-state index >= 15 is 0 Å². The number of carboxylic acid groups (broad SMARTS) is 1. The fourth-order valence-corrected chi connectivity index (χ4v) is 6.97. The normalized spacial score (nSPS) is 24.6. The molecule has 36 heavy (non-hydrogen) atoms. The van der Waals surface area contributed by atoms with Gasteiger partial charge in [-0.2, -0.15) is 0 Å². The van der Waals surface area contributed by atoms with Crippen molar-refractivity contribution in [2.75, 3.05) is 0 Å². The highest BCUT2D eigenvalue weighted by Gasteiger charge is 2.61. The lowest BCUT2D eigenvalue weighted by atomic mass is 9.83. The van der Waals surface area contributed by atoms with Crippen LogP contribution in [0.5, 0.6) is 0 Å². The van der Waals surface area contributed by atoms with E-state index in [1.54, 1.807) is 48.5 Å². The Morgan fingerprint density at radius 3 is 2.17 bits per heavy atom. The summed E-state index contributed by atoms with van der Waals surface area (Å²) in [6, 6.07) is 13.1. The number of nitrogens with zero attached hydrogens (tertiary/aromatic N) is 1. The molecule has 4 unspecified atom stereocenters. The highest BCUT2D eigenvalue weighted by atomic mass is 79.9. The van der Waals surface area contributed by atoms with Crippen LogP contribution in [-0.2, 0) is 20.9 Å². The molecule has 2 N–H and O–H groups in total. The van der Waals surface area contributed by atoms with Crippen LogP contribution in [0.2, 0.25) is 0 Å². The van der Waals surface area contributed by atoms with Crippen molar-refractivity contribution in [2.45, 2.75) is 18.6 Å². The van der Waals surface area contributed by atoms with Crippen LogP contribution in [-0.4, -0.2) is 45.4 Å². The van der Waals surface area contributed by atoms with Crippen LogP contribution < -0.4 is 5.32 Å². The number of halogens is 1. The summed E-state index contributed by atoms with van der Waals surface area (Å²) in [5.41, 5.74) is 1.67. The molecule has 1 aromatic heterocycles. The van der Waals surface area contributed by atoms with E-state index in [4.69, 9.17) is 0 Å². The third-order valence-electron chi connectivity index (χ3n) is 7.06. The number of carboxylic acids is 1. The Morgan fingerprint density at radius 2 is 1.53 bits per heavy atom. The molecule has 3 aromatic rings. The number of nitrogens with one attached hydrogen (secondary N) is 1. The first kappa shape index (κ1) is 23.0. The van der Waals surface area contributed by atoms with Crippen molar-refractivity contribution in [3.63, 3.8) is 0 Å². The Morgan fingerprint density at radius 1 is 0.889 bits per heavy atom. The molecule has 2 aromatic carbocycles. The zero-order valence-electron chi connectivity index (χ0n) is 18.4. The number of carbonyl (C=O) groups is 5. The number of imide groups is 1. The quantitative estimate of drug-likeness (QED) is 0.365. The first-order valence-electron chi connectivity index (χ1n) is 11.2. The molecule has 4 atom stereocenters. The highest BCUT2D eigenvalue weighted by molar-refractivity contribution is 9.11. The third kappa shape index (κ3) is 3.32. The second kappa shape index (κ2) is 8.29. The molecular formula is C26H17BrN2O6S. The van der Waals surface area contributed by atoms with Gasteiger partial charge in [-0.25, -0.2) is 0 Å². The molecule has 0 bridgehead atoms. The number of ketones is 2. The van der Waals surface area contributed by atoms with Crippen molar-refractivity contribution in [3.8, 4) is 0 Å². The summed E-state index contributed by atoms with van der Waals surface area (Å²) >= 11 is 4.77. The number of benzene rings is 2. The van der Waals surface area contributed by atoms with Crippen molar-refractivity contribution in [1.29, 1.82) is 0 Å². The van der Waals surface area contributed by atoms with E-state index in [-0.39, 0.29) is 29.2 Å². The number of rotatable bonds is 4. The standard InChI is InChI=1S/C26H17BrN2O6S/c27-17-8-7-16(36-17)20-18-19(21(28-20)26(34)35)25(33)29(24(18)32)10-11-5-6-14-15(9-11)23(31)13-4-2-1-3-12(13)22(14)30/h1-9,18-21,28H,10H2,(H,34,35). The van der Waals surface area contributed by atoms with Gasteiger partial charge in [0.2, 0.25) is 11.8 Å². The number of hydrogen-bond donors (Lipinski definition) is 2. The first-order valence-corrected chi connectivity index (χ1v) is 12.8. The molecule has 0 saturated carbocycles. The maximum atomic E-state index is 13.5. The average Bonchev–Trinajstić information content (AvgIpc) is 3.54. The minimum Gasteiger partial charge on any atom is -0.480 e. The maximum Gasteiger partial charge on any atom is 0.321 e. The summed E-state index contributed by atoms with van der Waals surface area (Å²) in [6.07, 6.45) is 0. The van der Waals surface area contributed by atoms with Gasteiger partial charge in [-0.05, 0) is 45.8 Å².